The van der Waals surface area contributed by atoms with Gasteiger partial charge < -0.3 is 9.64 Å². The van der Waals surface area contributed by atoms with Gasteiger partial charge in [-0.1, -0.05) is 48.5 Å². The van der Waals surface area contributed by atoms with Gasteiger partial charge in [0.2, 0.25) is 0 Å². The lowest BCUT2D eigenvalue weighted by molar-refractivity contribution is -0.149. The Balaban J connectivity index is 1.68. The molecule has 148 valence electrons. The summed E-state index contributed by atoms with van der Waals surface area (Å²) < 4.78 is 18.5. The van der Waals surface area contributed by atoms with Gasteiger partial charge >= 0.3 is 5.97 Å². The van der Waals surface area contributed by atoms with Gasteiger partial charge in [-0.05, 0) is 61.6 Å². The Hall–Kier alpha value is -2.46. The maximum Gasteiger partial charge on any atom is 0.310 e. The first-order valence-corrected chi connectivity index (χ1v) is 10.1. The summed E-state index contributed by atoms with van der Waals surface area (Å²) in [5, 5.41) is 0. The average Bonchev–Trinajstić information content (AvgIpc) is 2.73. The number of nitrogens with zero attached hydrogens (tertiary/aromatic N) is 1. The van der Waals surface area contributed by atoms with Crippen molar-refractivity contribution in [2.75, 3.05) is 26.2 Å². The highest BCUT2D eigenvalue weighted by Gasteiger charge is 2.26. The van der Waals surface area contributed by atoms with Crippen LogP contribution in [0.3, 0.4) is 0 Å². The molecule has 2 aromatic rings. The number of likely N-dealkylation sites (tertiary alicyclic amines) is 1. The number of halogens is 1. The van der Waals surface area contributed by atoms with Crippen molar-refractivity contribution in [2.24, 2.45) is 5.92 Å². The summed E-state index contributed by atoms with van der Waals surface area (Å²) in [4.78, 5) is 14.4. The smallest absolute Gasteiger partial charge is 0.310 e. The molecule has 1 heterocycles. The third kappa shape index (κ3) is 5.52. The van der Waals surface area contributed by atoms with Crippen LogP contribution in [-0.4, -0.2) is 37.1 Å². The molecule has 0 saturated carbocycles. The number of piperidine rings is 1. The molecular weight excluding hydrogens is 353 g/mol. The fourth-order valence-electron chi connectivity index (χ4n) is 3.75. The molecular formula is C24H28FNO2. The number of esters is 1. The van der Waals surface area contributed by atoms with E-state index in [1.54, 1.807) is 0 Å². The summed E-state index contributed by atoms with van der Waals surface area (Å²) in [5.41, 5.74) is 3.24. The zero-order chi connectivity index (χ0) is 19.8. The standard InChI is InChI=1S/C24H28FNO2/c1-2-28-24(27)21-10-6-16-26(18-21)17-7-11-23(19-8-4-3-5-9-19)20-12-14-22(25)15-13-20/h3-5,8-9,11-15,21H,2,6-7,10,16-18H2,1H3/b23-11+. The van der Waals surface area contributed by atoms with Gasteiger partial charge in [-0.3, -0.25) is 4.79 Å². The number of carbonyl (C=O) groups is 1. The van der Waals surface area contributed by atoms with Crippen LogP contribution in [0.2, 0.25) is 0 Å². The molecule has 1 unspecified atom stereocenters. The average molecular weight is 381 g/mol. The van der Waals surface area contributed by atoms with Gasteiger partial charge in [0, 0.05) is 13.1 Å². The molecule has 1 saturated heterocycles. The van der Waals surface area contributed by atoms with Crippen molar-refractivity contribution in [1.29, 1.82) is 0 Å². The van der Waals surface area contributed by atoms with Crippen LogP contribution < -0.4 is 0 Å². The zero-order valence-corrected chi connectivity index (χ0v) is 16.4. The lowest BCUT2D eigenvalue weighted by atomic mass is 9.96. The number of benzene rings is 2. The topological polar surface area (TPSA) is 29.5 Å². The van der Waals surface area contributed by atoms with Crippen molar-refractivity contribution in [1.82, 2.24) is 4.90 Å². The summed E-state index contributed by atoms with van der Waals surface area (Å²) in [7, 11) is 0. The van der Waals surface area contributed by atoms with Crippen LogP contribution in [0.1, 0.15) is 37.3 Å². The first kappa shape index (κ1) is 20.3. The van der Waals surface area contributed by atoms with E-state index in [1.807, 2.05) is 37.3 Å². The normalized spacial score (nSPS) is 18.1. The van der Waals surface area contributed by atoms with Gasteiger partial charge in [0.05, 0.1) is 12.5 Å². The first-order chi connectivity index (χ1) is 13.7. The van der Waals surface area contributed by atoms with Crippen LogP contribution in [0.4, 0.5) is 4.39 Å². The molecule has 0 aromatic heterocycles. The Morgan fingerprint density at radius 1 is 1.14 bits per heavy atom. The maximum absolute atomic E-state index is 13.3. The molecule has 0 aliphatic carbocycles. The minimum Gasteiger partial charge on any atom is -0.466 e. The van der Waals surface area contributed by atoms with Gasteiger partial charge in [0.25, 0.3) is 0 Å². The molecule has 0 N–H and O–H groups in total. The van der Waals surface area contributed by atoms with Crippen LogP contribution in [-0.2, 0) is 9.53 Å². The van der Waals surface area contributed by atoms with E-state index in [1.165, 1.54) is 12.1 Å². The van der Waals surface area contributed by atoms with E-state index in [9.17, 15) is 9.18 Å². The summed E-state index contributed by atoms with van der Waals surface area (Å²) in [6.45, 7) is 4.97. The van der Waals surface area contributed by atoms with Crippen molar-refractivity contribution in [3.05, 3.63) is 77.6 Å². The number of carbonyl (C=O) groups excluding carboxylic acids is 1. The molecule has 0 spiro atoms. The third-order valence-corrected chi connectivity index (χ3v) is 5.16. The van der Waals surface area contributed by atoms with Crippen LogP contribution in [0, 0.1) is 11.7 Å². The van der Waals surface area contributed by atoms with E-state index in [2.05, 4.69) is 23.1 Å². The summed E-state index contributed by atoms with van der Waals surface area (Å²) in [6.07, 6.45) is 5.03. The van der Waals surface area contributed by atoms with Gasteiger partial charge in [0.15, 0.2) is 0 Å². The SMILES string of the molecule is CCOC(=O)C1CCCN(CC/C=C(\c2ccccc2)c2ccc(F)cc2)C1. The molecule has 1 aliphatic rings. The molecule has 28 heavy (non-hydrogen) atoms. The van der Waals surface area contributed by atoms with Crippen molar-refractivity contribution < 1.29 is 13.9 Å². The van der Waals surface area contributed by atoms with Crippen molar-refractivity contribution in [3.8, 4) is 0 Å². The van der Waals surface area contributed by atoms with Crippen LogP contribution in [0.15, 0.2) is 60.7 Å². The molecule has 0 radical (unpaired) electrons. The van der Waals surface area contributed by atoms with Crippen molar-refractivity contribution in [3.63, 3.8) is 0 Å². The monoisotopic (exact) mass is 381 g/mol. The largest absolute Gasteiger partial charge is 0.466 e. The van der Waals surface area contributed by atoms with E-state index in [0.29, 0.717) is 6.61 Å². The van der Waals surface area contributed by atoms with E-state index in [-0.39, 0.29) is 17.7 Å². The summed E-state index contributed by atoms with van der Waals surface area (Å²) >= 11 is 0. The third-order valence-electron chi connectivity index (χ3n) is 5.16. The van der Waals surface area contributed by atoms with E-state index < -0.39 is 0 Å². The van der Waals surface area contributed by atoms with Crippen molar-refractivity contribution >= 4 is 11.5 Å². The predicted molar refractivity (Wildman–Crippen MR) is 110 cm³/mol. The fraction of sp³-hybridized carbons (Fsp3) is 0.375. The molecule has 0 amide bonds. The molecule has 2 aromatic carbocycles. The minimum atomic E-state index is -0.227. The highest BCUT2D eigenvalue weighted by molar-refractivity contribution is 5.79. The van der Waals surface area contributed by atoms with Crippen LogP contribution in [0.25, 0.3) is 5.57 Å². The fourth-order valence-corrected chi connectivity index (χ4v) is 3.75. The highest BCUT2D eigenvalue weighted by atomic mass is 19.1. The van der Waals surface area contributed by atoms with Crippen LogP contribution >= 0.6 is 0 Å². The predicted octanol–water partition coefficient (Wildman–Crippen LogP) is 4.92. The highest BCUT2D eigenvalue weighted by Crippen LogP contribution is 2.25. The second-order valence-corrected chi connectivity index (χ2v) is 7.17. The number of ether oxygens (including phenoxy) is 1. The summed E-state index contributed by atoms with van der Waals surface area (Å²) in [6, 6.07) is 16.8. The van der Waals surface area contributed by atoms with E-state index in [0.717, 1.165) is 55.6 Å². The summed E-state index contributed by atoms with van der Waals surface area (Å²) in [5.74, 6) is -0.308. The maximum atomic E-state index is 13.3. The second kappa shape index (κ2) is 10.2. The lowest BCUT2D eigenvalue weighted by Gasteiger charge is -2.31. The van der Waals surface area contributed by atoms with E-state index in [4.69, 9.17) is 4.74 Å². The zero-order valence-electron chi connectivity index (χ0n) is 16.4. The molecule has 1 fully saturated rings. The number of hydrogen-bond donors (Lipinski definition) is 0. The molecule has 1 aliphatic heterocycles. The van der Waals surface area contributed by atoms with Gasteiger partial charge in [-0.2, -0.15) is 0 Å². The Bertz CT molecular complexity index is 786. The lowest BCUT2D eigenvalue weighted by Crippen LogP contribution is -2.39. The molecule has 0 bridgehead atoms. The molecule has 3 rings (SSSR count). The molecule has 1 atom stereocenters. The number of hydrogen-bond acceptors (Lipinski definition) is 3. The Morgan fingerprint density at radius 2 is 1.86 bits per heavy atom. The quantitative estimate of drug-likeness (QED) is 0.638. The van der Waals surface area contributed by atoms with Gasteiger partial charge in [-0.15, -0.1) is 0 Å². The second-order valence-electron chi connectivity index (χ2n) is 7.17. The molecule has 3 nitrogen and oxygen atoms in total. The minimum absolute atomic E-state index is 0.0108. The Morgan fingerprint density at radius 3 is 2.57 bits per heavy atom. The van der Waals surface area contributed by atoms with Crippen LogP contribution in [0.5, 0.6) is 0 Å². The van der Waals surface area contributed by atoms with Gasteiger partial charge in [-0.25, -0.2) is 4.39 Å². The number of rotatable bonds is 7. The van der Waals surface area contributed by atoms with E-state index >= 15 is 0 Å². The molecule has 4 heteroatoms. The Labute approximate surface area is 166 Å². The Kier molecular flexibility index (Phi) is 7.38. The van der Waals surface area contributed by atoms with Crippen molar-refractivity contribution in [2.45, 2.75) is 26.2 Å². The van der Waals surface area contributed by atoms with Gasteiger partial charge in [0.1, 0.15) is 5.82 Å². The first-order valence-electron chi connectivity index (χ1n) is 10.1.